The first kappa shape index (κ1) is 21.1. The van der Waals surface area contributed by atoms with Gasteiger partial charge in [-0.15, -0.1) is 0 Å². The molecule has 2 heterocycles. The predicted molar refractivity (Wildman–Crippen MR) is 107 cm³/mol. The Labute approximate surface area is 171 Å². The Hall–Kier alpha value is -2.58. The number of methoxy groups -OCH3 is 1. The first-order valence-electron chi connectivity index (χ1n) is 9.73. The van der Waals surface area contributed by atoms with Gasteiger partial charge >= 0.3 is 0 Å². The van der Waals surface area contributed by atoms with Crippen LogP contribution in [0.15, 0.2) is 22.7 Å². The Kier molecular flexibility index (Phi) is 7.11. The van der Waals surface area contributed by atoms with Crippen LogP contribution in [-0.4, -0.2) is 67.9 Å². The highest BCUT2D eigenvalue weighted by molar-refractivity contribution is 5.78. The maximum absolute atomic E-state index is 12.3. The van der Waals surface area contributed by atoms with E-state index in [1.54, 1.807) is 12.0 Å². The molecular weight excluding hydrogens is 374 g/mol. The van der Waals surface area contributed by atoms with Crippen molar-refractivity contribution >= 4 is 5.91 Å². The highest BCUT2D eigenvalue weighted by Crippen LogP contribution is 2.29. The van der Waals surface area contributed by atoms with Crippen LogP contribution in [0.1, 0.15) is 22.6 Å². The fraction of sp³-hybridized carbons (Fsp3) is 0.524. The highest BCUT2D eigenvalue weighted by atomic mass is 16.5. The zero-order valence-corrected chi connectivity index (χ0v) is 17.6. The largest absolute Gasteiger partial charge is 0.493 e. The SMILES string of the molecule is COc1cc(CN(C)Cc2c(C)noc2C)ccc1OCC(=O)N1CCOCC1. The molecule has 0 aliphatic carbocycles. The summed E-state index contributed by atoms with van der Waals surface area (Å²) >= 11 is 0. The average molecular weight is 403 g/mol. The van der Waals surface area contributed by atoms with Crippen molar-refractivity contribution in [3.63, 3.8) is 0 Å². The molecule has 0 atom stereocenters. The van der Waals surface area contributed by atoms with Gasteiger partial charge in [0.05, 0.1) is 26.0 Å². The van der Waals surface area contributed by atoms with E-state index in [1.807, 2.05) is 39.1 Å². The fourth-order valence-electron chi connectivity index (χ4n) is 3.34. The number of morpholine rings is 1. The maximum atomic E-state index is 12.3. The molecule has 1 aliphatic rings. The van der Waals surface area contributed by atoms with Gasteiger partial charge in [0.15, 0.2) is 18.1 Å². The summed E-state index contributed by atoms with van der Waals surface area (Å²) < 4.78 is 21.7. The second-order valence-corrected chi connectivity index (χ2v) is 7.24. The monoisotopic (exact) mass is 403 g/mol. The summed E-state index contributed by atoms with van der Waals surface area (Å²) in [5.41, 5.74) is 3.12. The van der Waals surface area contributed by atoms with Gasteiger partial charge < -0.3 is 23.6 Å². The summed E-state index contributed by atoms with van der Waals surface area (Å²) in [6, 6.07) is 5.78. The second kappa shape index (κ2) is 9.76. The molecule has 1 aromatic carbocycles. The van der Waals surface area contributed by atoms with Crippen molar-refractivity contribution in [2.45, 2.75) is 26.9 Å². The molecule has 1 aromatic heterocycles. The van der Waals surface area contributed by atoms with Crippen molar-refractivity contribution in [3.05, 3.63) is 40.8 Å². The smallest absolute Gasteiger partial charge is 0.260 e. The molecule has 0 unspecified atom stereocenters. The lowest BCUT2D eigenvalue weighted by Crippen LogP contribution is -2.43. The number of carbonyl (C=O) groups excluding carboxylic acids is 1. The number of aryl methyl sites for hydroxylation is 2. The molecule has 1 amide bonds. The lowest BCUT2D eigenvalue weighted by Gasteiger charge is -2.26. The van der Waals surface area contributed by atoms with Crippen LogP contribution in [0.4, 0.5) is 0 Å². The van der Waals surface area contributed by atoms with E-state index in [9.17, 15) is 4.79 Å². The van der Waals surface area contributed by atoms with Gasteiger partial charge in [0.1, 0.15) is 5.76 Å². The fourth-order valence-corrected chi connectivity index (χ4v) is 3.34. The Morgan fingerprint density at radius 1 is 1.21 bits per heavy atom. The molecule has 8 heteroatoms. The number of nitrogens with zero attached hydrogens (tertiary/aromatic N) is 3. The zero-order valence-electron chi connectivity index (χ0n) is 17.6. The molecule has 8 nitrogen and oxygen atoms in total. The van der Waals surface area contributed by atoms with E-state index in [0.717, 1.165) is 35.7 Å². The number of benzene rings is 1. The topological polar surface area (TPSA) is 77.3 Å². The molecule has 158 valence electrons. The molecule has 0 spiro atoms. The molecule has 1 fully saturated rings. The van der Waals surface area contributed by atoms with Gasteiger partial charge in [-0.3, -0.25) is 9.69 Å². The predicted octanol–water partition coefficient (Wildman–Crippen LogP) is 2.17. The van der Waals surface area contributed by atoms with Crippen molar-refractivity contribution in [3.8, 4) is 11.5 Å². The third kappa shape index (κ3) is 5.48. The molecule has 0 N–H and O–H groups in total. The molecule has 0 saturated carbocycles. The van der Waals surface area contributed by atoms with E-state index < -0.39 is 0 Å². The molecule has 1 saturated heterocycles. The van der Waals surface area contributed by atoms with Crippen molar-refractivity contribution in [1.82, 2.24) is 15.0 Å². The van der Waals surface area contributed by atoms with E-state index in [4.69, 9.17) is 18.7 Å². The van der Waals surface area contributed by atoms with Gasteiger partial charge in [-0.05, 0) is 38.6 Å². The molecule has 2 aromatic rings. The third-order valence-corrected chi connectivity index (χ3v) is 5.00. The van der Waals surface area contributed by atoms with Crippen molar-refractivity contribution in [2.24, 2.45) is 0 Å². The second-order valence-electron chi connectivity index (χ2n) is 7.24. The lowest BCUT2D eigenvalue weighted by molar-refractivity contribution is -0.137. The van der Waals surface area contributed by atoms with E-state index in [-0.39, 0.29) is 12.5 Å². The summed E-state index contributed by atoms with van der Waals surface area (Å²) in [5.74, 6) is 1.98. The molecule has 0 bridgehead atoms. The number of carbonyl (C=O) groups is 1. The Morgan fingerprint density at radius 2 is 1.97 bits per heavy atom. The third-order valence-electron chi connectivity index (χ3n) is 5.00. The maximum Gasteiger partial charge on any atom is 0.260 e. The van der Waals surface area contributed by atoms with Crippen LogP contribution < -0.4 is 9.47 Å². The van der Waals surface area contributed by atoms with Crippen LogP contribution in [-0.2, 0) is 22.6 Å². The first-order chi connectivity index (χ1) is 14.0. The van der Waals surface area contributed by atoms with Crippen LogP contribution in [0.25, 0.3) is 0 Å². The summed E-state index contributed by atoms with van der Waals surface area (Å²) in [6.45, 7) is 7.70. The number of rotatable bonds is 8. The van der Waals surface area contributed by atoms with Crippen LogP contribution in [0.2, 0.25) is 0 Å². The molecule has 0 radical (unpaired) electrons. The van der Waals surface area contributed by atoms with Crippen LogP contribution >= 0.6 is 0 Å². The average Bonchev–Trinajstić information content (AvgIpc) is 3.05. The van der Waals surface area contributed by atoms with Crippen LogP contribution in [0.5, 0.6) is 11.5 Å². The lowest BCUT2D eigenvalue weighted by atomic mass is 10.1. The zero-order chi connectivity index (χ0) is 20.8. The normalized spacial score (nSPS) is 14.3. The van der Waals surface area contributed by atoms with Crippen molar-refractivity contribution in [1.29, 1.82) is 0 Å². The van der Waals surface area contributed by atoms with E-state index >= 15 is 0 Å². The number of aromatic nitrogens is 1. The highest BCUT2D eigenvalue weighted by Gasteiger charge is 2.18. The van der Waals surface area contributed by atoms with Gasteiger partial charge in [-0.25, -0.2) is 0 Å². The van der Waals surface area contributed by atoms with Gasteiger partial charge in [0, 0.05) is 31.7 Å². The first-order valence-corrected chi connectivity index (χ1v) is 9.73. The van der Waals surface area contributed by atoms with Gasteiger partial charge in [0.2, 0.25) is 0 Å². The van der Waals surface area contributed by atoms with Crippen LogP contribution in [0.3, 0.4) is 0 Å². The van der Waals surface area contributed by atoms with Crippen molar-refractivity contribution < 1.29 is 23.5 Å². The molecule has 29 heavy (non-hydrogen) atoms. The standard InChI is InChI=1S/C21H29N3O5/c1-15-18(16(2)29-22-15)13-23(3)12-17-5-6-19(20(11-17)26-4)28-14-21(25)24-7-9-27-10-8-24/h5-6,11H,7-10,12-14H2,1-4H3. The molecular formula is C21H29N3O5. The van der Waals surface area contributed by atoms with E-state index in [1.165, 1.54) is 0 Å². The number of hydrogen-bond donors (Lipinski definition) is 0. The van der Waals surface area contributed by atoms with E-state index in [2.05, 4.69) is 10.1 Å². The summed E-state index contributed by atoms with van der Waals surface area (Å²) in [7, 11) is 3.65. The number of hydrogen-bond acceptors (Lipinski definition) is 7. The Bertz CT molecular complexity index is 810. The minimum Gasteiger partial charge on any atom is -0.493 e. The Morgan fingerprint density at radius 3 is 2.62 bits per heavy atom. The summed E-state index contributed by atoms with van der Waals surface area (Å²) in [4.78, 5) is 16.2. The number of amides is 1. The minimum atomic E-state index is -0.0429. The van der Waals surface area contributed by atoms with Crippen LogP contribution in [0, 0.1) is 13.8 Å². The van der Waals surface area contributed by atoms with Gasteiger partial charge in [-0.2, -0.15) is 0 Å². The summed E-state index contributed by atoms with van der Waals surface area (Å²) in [5, 5.41) is 4.01. The van der Waals surface area contributed by atoms with E-state index in [0.29, 0.717) is 37.8 Å². The Balaban J connectivity index is 1.58. The number of ether oxygens (including phenoxy) is 3. The molecule has 3 rings (SSSR count). The quantitative estimate of drug-likeness (QED) is 0.668. The van der Waals surface area contributed by atoms with Gasteiger partial charge in [-0.1, -0.05) is 11.2 Å². The molecule has 1 aliphatic heterocycles. The van der Waals surface area contributed by atoms with Gasteiger partial charge in [0.25, 0.3) is 5.91 Å². The van der Waals surface area contributed by atoms with Crippen molar-refractivity contribution in [2.75, 3.05) is 47.1 Å². The summed E-state index contributed by atoms with van der Waals surface area (Å²) in [6.07, 6.45) is 0. The minimum absolute atomic E-state index is 0.0122.